The minimum Gasteiger partial charge on any atom is -0.494 e. The zero-order valence-corrected chi connectivity index (χ0v) is 25.9. The number of anilines is 4. The second-order valence-electron chi connectivity index (χ2n) is 11.9. The van der Waals surface area contributed by atoms with Crippen LogP contribution in [-0.4, -0.2) is 6.61 Å². The van der Waals surface area contributed by atoms with Crippen molar-refractivity contribution < 1.29 is 4.74 Å². The Labute approximate surface area is 244 Å². The van der Waals surface area contributed by atoms with Crippen molar-refractivity contribution in [3.8, 4) is 5.75 Å². The van der Waals surface area contributed by atoms with Gasteiger partial charge in [0, 0.05) is 6.07 Å². The maximum Gasteiger partial charge on any atom is 0.121 e. The SMILES string of the molecule is CC(C)=CCC/C(C)=C/CC/C(C)=C/CC/C(C)=C/CCC(C)CCOc1ccc2c(c1)Nc1ccccc1N2. The third-order valence-electron chi connectivity index (χ3n) is 7.64. The predicted molar refractivity (Wildman–Crippen MR) is 176 cm³/mol. The average molecular weight is 541 g/mol. The van der Waals surface area contributed by atoms with Gasteiger partial charge in [-0.1, -0.05) is 65.7 Å². The Kier molecular flexibility index (Phi) is 13.2. The number of nitrogens with one attached hydrogen (secondary N) is 2. The van der Waals surface area contributed by atoms with Crippen LogP contribution in [0.2, 0.25) is 0 Å². The van der Waals surface area contributed by atoms with Crippen molar-refractivity contribution in [1.82, 2.24) is 0 Å². The number of allylic oxidation sites excluding steroid dienone is 8. The Morgan fingerprint density at radius 1 is 0.650 bits per heavy atom. The van der Waals surface area contributed by atoms with E-state index in [9.17, 15) is 0 Å². The third-order valence-corrected chi connectivity index (χ3v) is 7.64. The van der Waals surface area contributed by atoms with E-state index in [4.69, 9.17) is 4.74 Å². The summed E-state index contributed by atoms with van der Waals surface area (Å²) in [7, 11) is 0. The number of hydrogen-bond donors (Lipinski definition) is 2. The van der Waals surface area contributed by atoms with Crippen molar-refractivity contribution in [3.63, 3.8) is 0 Å². The highest BCUT2D eigenvalue weighted by atomic mass is 16.5. The second kappa shape index (κ2) is 16.8. The molecular formula is C37H52N2O. The van der Waals surface area contributed by atoms with Crippen LogP contribution in [-0.2, 0) is 0 Å². The first-order chi connectivity index (χ1) is 19.3. The van der Waals surface area contributed by atoms with Crippen molar-refractivity contribution in [2.75, 3.05) is 17.2 Å². The third kappa shape index (κ3) is 11.5. The lowest BCUT2D eigenvalue weighted by Crippen LogP contribution is -2.07. The molecule has 0 aromatic heterocycles. The van der Waals surface area contributed by atoms with E-state index >= 15 is 0 Å². The van der Waals surface area contributed by atoms with Crippen molar-refractivity contribution in [2.24, 2.45) is 5.92 Å². The van der Waals surface area contributed by atoms with Crippen molar-refractivity contribution >= 4 is 22.7 Å². The summed E-state index contributed by atoms with van der Waals surface area (Å²) in [5.41, 5.74) is 10.3. The van der Waals surface area contributed by atoms with Gasteiger partial charge >= 0.3 is 0 Å². The minimum atomic E-state index is 0.647. The maximum absolute atomic E-state index is 6.10. The van der Waals surface area contributed by atoms with E-state index in [1.165, 1.54) is 48.0 Å². The first-order valence-electron chi connectivity index (χ1n) is 15.3. The number of fused-ring (bicyclic) bond motifs is 2. The Hall–Kier alpha value is -3.20. The molecule has 0 saturated carbocycles. The van der Waals surface area contributed by atoms with E-state index in [0.29, 0.717) is 5.92 Å². The Morgan fingerprint density at radius 3 is 1.77 bits per heavy atom. The molecule has 0 aliphatic carbocycles. The zero-order valence-electron chi connectivity index (χ0n) is 25.9. The topological polar surface area (TPSA) is 33.3 Å². The Bertz CT molecular complexity index is 1200. The molecule has 2 aromatic carbocycles. The first kappa shape index (κ1) is 31.3. The lowest BCUT2D eigenvalue weighted by Gasteiger charge is -2.23. The van der Waals surface area contributed by atoms with Crippen LogP contribution in [0, 0.1) is 5.92 Å². The van der Waals surface area contributed by atoms with Crippen LogP contribution in [0.1, 0.15) is 99.3 Å². The van der Waals surface area contributed by atoms with E-state index in [0.717, 1.165) is 67.2 Å². The van der Waals surface area contributed by atoms with Gasteiger partial charge in [0.25, 0.3) is 0 Å². The fraction of sp³-hybridized carbons (Fsp3) is 0.459. The van der Waals surface area contributed by atoms with E-state index in [-0.39, 0.29) is 0 Å². The predicted octanol–water partition coefficient (Wildman–Crippen LogP) is 11.8. The monoisotopic (exact) mass is 540 g/mol. The fourth-order valence-corrected chi connectivity index (χ4v) is 4.94. The lowest BCUT2D eigenvalue weighted by molar-refractivity contribution is 0.280. The lowest BCUT2D eigenvalue weighted by atomic mass is 10.00. The van der Waals surface area contributed by atoms with Gasteiger partial charge in [-0.15, -0.1) is 0 Å². The highest BCUT2D eigenvalue weighted by Gasteiger charge is 2.14. The molecule has 1 heterocycles. The van der Waals surface area contributed by atoms with Crippen LogP contribution < -0.4 is 15.4 Å². The number of benzene rings is 2. The summed E-state index contributed by atoms with van der Waals surface area (Å²) in [6.07, 6.45) is 20.1. The molecule has 216 valence electrons. The average Bonchev–Trinajstić information content (AvgIpc) is 2.91. The molecule has 2 N–H and O–H groups in total. The minimum absolute atomic E-state index is 0.647. The summed E-state index contributed by atoms with van der Waals surface area (Å²) >= 11 is 0. The molecule has 0 radical (unpaired) electrons. The van der Waals surface area contributed by atoms with Crippen molar-refractivity contribution in [2.45, 2.75) is 99.3 Å². The Balaban J connectivity index is 1.28. The molecule has 3 nitrogen and oxygen atoms in total. The summed E-state index contributed by atoms with van der Waals surface area (Å²) in [4.78, 5) is 0. The number of hydrogen-bond acceptors (Lipinski definition) is 3. The van der Waals surface area contributed by atoms with Gasteiger partial charge < -0.3 is 15.4 Å². The van der Waals surface area contributed by atoms with Gasteiger partial charge in [-0.2, -0.15) is 0 Å². The van der Waals surface area contributed by atoms with Crippen molar-refractivity contribution in [3.05, 3.63) is 89.1 Å². The van der Waals surface area contributed by atoms with Gasteiger partial charge in [0.15, 0.2) is 0 Å². The highest BCUT2D eigenvalue weighted by Crippen LogP contribution is 2.39. The van der Waals surface area contributed by atoms with E-state index in [2.05, 4.69) is 107 Å². The van der Waals surface area contributed by atoms with E-state index in [1.807, 2.05) is 12.1 Å². The standard InChI is InChI=1S/C37H52N2O/c1-28(2)13-9-14-29(3)15-10-16-30(4)17-11-18-31(5)19-12-20-32(6)25-26-40-33-23-24-36-37(27-33)39-35-22-8-7-21-34(35)38-36/h7-8,13,15,17,19,21-24,27,32,38-39H,9-12,14,16,18,20,25-26H2,1-6H3/b29-15+,30-17+,31-19+. The van der Waals surface area contributed by atoms with Crippen LogP contribution in [0.25, 0.3) is 0 Å². The summed E-state index contributed by atoms with van der Waals surface area (Å²) in [5, 5.41) is 6.99. The molecule has 0 bridgehead atoms. The molecule has 0 fully saturated rings. The second-order valence-corrected chi connectivity index (χ2v) is 11.9. The van der Waals surface area contributed by atoms with Gasteiger partial charge in [-0.3, -0.25) is 0 Å². The van der Waals surface area contributed by atoms with Gasteiger partial charge in [-0.05, 0) is 123 Å². The van der Waals surface area contributed by atoms with Crippen LogP contribution in [0.3, 0.4) is 0 Å². The number of ether oxygens (including phenoxy) is 1. The van der Waals surface area contributed by atoms with Crippen LogP contribution in [0.5, 0.6) is 5.75 Å². The molecular weight excluding hydrogens is 488 g/mol. The maximum atomic E-state index is 6.10. The summed E-state index contributed by atoms with van der Waals surface area (Å²) < 4.78 is 6.10. The summed E-state index contributed by atoms with van der Waals surface area (Å²) in [6.45, 7) is 14.3. The van der Waals surface area contributed by atoms with Crippen molar-refractivity contribution in [1.29, 1.82) is 0 Å². The van der Waals surface area contributed by atoms with Crippen LogP contribution >= 0.6 is 0 Å². The molecule has 1 aliphatic rings. The number of rotatable bonds is 16. The zero-order chi connectivity index (χ0) is 28.7. The van der Waals surface area contributed by atoms with E-state index < -0.39 is 0 Å². The molecule has 1 aliphatic heterocycles. The first-order valence-corrected chi connectivity index (χ1v) is 15.3. The van der Waals surface area contributed by atoms with Crippen LogP contribution in [0.15, 0.2) is 89.1 Å². The Morgan fingerprint density at radius 2 is 1.18 bits per heavy atom. The molecule has 0 spiro atoms. The highest BCUT2D eigenvalue weighted by molar-refractivity contribution is 5.90. The molecule has 3 rings (SSSR count). The largest absolute Gasteiger partial charge is 0.494 e. The molecule has 40 heavy (non-hydrogen) atoms. The molecule has 3 heteroatoms. The van der Waals surface area contributed by atoms with Gasteiger partial charge in [0.1, 0.15) is 5.75 Å². The molecule has 0 amide bonds. The smallest absolute Gasteiger partial charge is 0.121 e. The van der Waals surface area contributed by atoms with E-state index in [1.54, 1.807) is 0 Å². The van der Waals surface area contributed by atoms with Gasteiger partial charge in [0.05, 0.1) is 29.4 Å². The normalized spacial score (nSPS) is 14.0. The van der Waals surface area contributed by atoms with Crippen LogP contribution in [0.4, 0.5) is 22.7 Å². The van der Waals surface area contributed by atoms with Gasteiger partial charge in [0.2, 0.25) is 0 Å². The molecule has 2 aromatic rings. The molecule has 0 saturated heterocycles. The van der Waals surface area contributed by atoms with Gasteiger partial charge in [-0.25, -0.2) is 0 Å². The summed E-state index contributed by atoms with van der Waals surface area (Å²) in [5.74, 6) is 1.57. The summed E-state index contributed by atoms with van der Waals surface area (Å²) in [6, 6.07) is 14.5. The number of para-hydroxylation sites is 2. The quantitative estimate of drug-likeness (QED) is 0.177. The molecule has 1 unspecified atom stereocenters. The molecule has 1 atom stereocenters. The fourth-order valence-electron chi connectivity index (χ4n) is 4.94.